The molecule has 2 aliphatic carbocycles. The van der Waals surface area contributed by atoms with Gasteiger partial charge in [-0.25, -0.2) is 0 Å². The second-order valence-electron chi connectivity index (χ2n) is 7.59. The Morgan fingerprint density at radius 3 is 2.12 bits per heavy atom. The molecule has 0 aromatic heterocycles. The quantitative estimate of drug-likeness (QED) is 0.643. The van der Waals surface area contributed by atoms with Crippen LogP contribution in [0.4, 0.5) is 0 Å². The van der Waals surface area contributed by atoms with E-state index in [0.717, 1.165) is 31.0 Å². The summed E-state index contributed by atoms with van der Waals surface area (Å²) in [6, 6.07) is 0. The average Bonchev–Trinajstić information content (AvgIpc) is 2.80. The topological polar surface area (TPSA) is 18.5 Å². The van der Waals surface area contributed by atoms with Crippen LogP contribution in [0.25, 0.3) is 0 Å². The molecule has 2 nitrogen and oxygen atoms in total. The van der Waals surface area contributed by atoms with E-state index < -0.39 is 0 Å². The zero-order valence-corrected chi connectivity index (χ0v) is 11.9. The Kier molecular flexibility index (Phi) is 2.30. The summed E-state index contributed by atoms with van der Waals surface area (Å²) in [7, 11) is 0. The van der Waals surface area contributed by atoms with Crippen LogP contribution in [0.2, 0.25) is 0 Å². The summed E-state index contributed by atoms with van der Waals surface area (Å²) in [5.41, 5.74) is 0.806. The van der Waals surface area contributed by atoms with Crippen LogP contribution in [0.15, 0.2) is 0 Å². The van der Waals surface area contributed by atoms with E-state index in [9.17, 15) is 0 Å². The first-order chi connectivity index (χ1) is 7.80. The van der Waals surface area contributed by atoms with Crippen LogP contribution in [-0.2, 0) is 9.47 Å². The highest BCUT2D eigenvalue weighted by atomic mass is 16.7. The fourth-order valence-corrected chi connectivity index (χ4v) is 4.61. The van der Waals surface area contributed by atoms with Crippen molar-refractivity contribution in [2.45, 2.75) is 53.2 Å². The Morgan fingerprint density at radius 1 is 0.941 bits per heavy atom. The van der Waals surface area contributed by atoms with Crippen molar-refractivity contribution in [1.29, 1.82) is 0 Å². The van der Waals surface area contributed by atoms with Crippen LogP contribution in [0.5, 0.6) is 0 Å². The fraction of sp³-hybridized carbons (Fsp3) is 1.00. The van der Waals surface area contributed by atoms with Crippen LogP contribution >= 0.6 is 0 Å². The van der Waals surface area contributed by atoms with Gasteiger partial charge >= 0.3 is 0 Å². The largest absolute Gasteiger partial charge is 0.350 e. The maximum atomic E-state index is 6.00. The molecule has 0 aromatic carbocycles. The van der Waals surface area contributed by atoms with Gasteiger partial charge in [0.1, 0.15) is 0 Å². The Balaban J connectivity index is 1.86. The van der Waals surface area contributed by atoms with E-state index in [4.69, 9.17) is 9.47 Å². The molecular weight excluding hydrogens is 212 g/mol. The van der Waals surface area contributed by atoms with Gasteiger partial charge in [-0.1, -0.05) is 20.8 Å². The van der Waals surface area contributed by atoms with E-state index in [1.54, 1.807) is 0 Å². The smallest absolute Gasteiger partial charge is 0.162 e. The maximum Gasteiger partial charge on any atom is 0.162 e. The molecule has 0 aromatic rings. The molecule has 0 radical (unpaired) electrons. The first-order valence-electron chi connectivity index (χ1n) is 7.07. The summed E-state index contributed by atoms with van der Waals surface area (Å²) in [6.45, 7) is 13.1. The molecule has 0 unspecified atom stereocenters. The number of fused-ring (bicyclic) bond motifs is 2. The van der Waals surface area contributed by atoms with Crippen molar-refractivity contribution >= 4 is 0 Å². The number of rotatable bonds is 0. The number of hydrogen-bond acceptors (Lipinski definition) is 2. The molecule has 2 heteroatoms. The van der Waals surface area contributed by atoms with Crippen LogP contribution in [0.1, 0.15) is 47.5 Å². The highest BCUT2D eigenvalue weighted by Crippen LogP contribution is 2.73. The van der Waals surface area contributed by atoms with E-state index in [1.165, 1.54) is 12.8 Å². The molecule has 98 valence electrons. The van der Waals surface area contributed by atoms with E-state index in [-0.39, 0.29) is 5.79 Å². The zero-order chi connectivity index (χ0) is 12.5. The van der Waals surface area contributed by atoms with Crippen molar-refractivity contribution in [2.24, 2.45) is 28.6 Å². The first-order valence-corrected chi connectivity index (χ1v) is 7.07. The van der Waals surface area contributed by atoms with E-state index >= 15 is 0 Å². The van der Waals surface area contributed by atoms with Crippen molar-refractivity contribution in [3.8, 4) is 0 Å². The molecular formula is C15H26O2. The molecule has 0 bridgehead atoms. The van der Waals surface area contributed by atoms with E-state index in [2.05, 4.69) is 20.8 Å². The van der Waals surface area contributed by atoms with Crippen LogP contribution in [-0.4, -0.2) is 19.0 Å². The summed E-state index contributed by atoms with van der Waals surface area (Å²) >= 11 is 0. The molecule has 3 rings (SSSR count). The van der Waals surface area contributed by atoms with Crippen molar-refractivity contribution < 1.29 is 9.47 Å². The van der Waals surface area contributed by atoms with Crippen LogP contribution < -0.4 is 0 Å². The SMILES string of the molecule is C[C@@H]1CC[C@@H]2[C@H](C2(C)C)C12COC(C)(C)OC2. The third-order valence-corrected chi connectivity index (χ3v) is 5.94. The second kappa shape index (κ2) is 3.27. The maximum absolute atomic E-state index is 6.00. The molecule has 1 saturated heterocycles. The van der Waals surface area contributed by atoms with Gasteiger partial charge in [0.25, 0.3) is 0 Å². The summed E-state index contributed by atoms with van der Waals surface area (Å²) in [4.78, 5) is 0. The molecule has 17 heavy (non-hydrogen) atoms. The summed E-state index contributed by atoms with van der Waals surface area (Å²) < 4.78 is 12.0. The van der Waals surface area contributed by atoms with Crippen molar-refractivity contribution in [3.63, 3.8) is 0 Å². The van der Waals surface area contributed by atoms with Crippen LogP contribution in [0, 0.1) is 28.6 Å². The van der Waals surface area contributed by atoms with Crippen molar-refractivity contribution in [1.82, 2.24) is 0 Å². The molecule has 0 amide bonds. The first kappa shape index (κ1) is 12.0. The average molecular weight is 238 g/mol. The Bertz CT molecular complexity index is 322. The van der Waals surface area contributed by atoms with Gasteiger partial charge in [-0.2, -0.15) is 0 Å². The predicted molar refractivity (Wildman–Crippen MR) is 67.6 cm³/mol. The van der Waals surface area contributed by atoms with E-state index in [0.29, 0.717) is 10.8 Å². The normalized spacial score (nSPS) is 45.4. The lowest BCUT2D eigenvalue weighted by molar-refractivity contribution is -0.302. The third kappa shape index (κ3) is 1.53. The zero-order valence-electron chi connectivity index (χ0n) is 11.9. The van der Waals surface area contributed by atoms with Crippen molar-refractivity contribution in [2.75, 3.05) is 13.2 Å². The minimum atomic E-state index is -0.378. The Hall–Kier alpha value is -0.0800. The lowest BCUT2D eigenvalue weighted by Crippen LogP contribution is -2.52. The Morgan fingerprint density at radius 2 is 1.53 bits per heavy atom. The molecule has 2 saturated carbocycles. The third-order valence-electron chi connectivity index (χ3n) is 5.94. The standard InChI is InChI=1S/C15H26O2/c1-10-6-7-11-12(13(11,2)3)15(10)8-16-14(4,5)17-9-15/h10-12H,6-9H2,1-5H3/t10-,11-,12-/m1/s1. The van der Waals surface area contributed by atoms with Gasteiger partial charge in [-0.3, -0.25) is 0 Å². The van der Waals surface area contributed by atoms with Gasteiger partial charge in [0.15, 0.2) is 5.79 Å². The van der Waals surface area contributed by atoms with Gasteiger partial charge in [-0.05, 0) is 49.9 Å². The molecule has 1 heterocycles. The van der Waals surface area contributed by atoms with E-state index in [1.807, 2.05) is 13.8 Å². The molecule has 3 aliphatic rings. The molecule has 1 spiro atoms. The number of hydrogen-bond donors (Lipinski definition) is 0. The predicted octanol–water partition coefficient (Wildman–Crippen LogP) is 3.46. The summed E-state index contributed by atoms with van der Waals surface area (Å²) in [5, 5.41) is 0. The molecule has 3 fully saturated rings. The minimum Gasteiger partial charge on any atom is -0.350 e. The molecule has 0 N–H and O–H groups in total. The summed E-state index contributed by atoms with van der Waals surface area (Å²) in [6.07, 6.45) is 2.75. The highest BCUT2D eigenvalue weighted by molar-refractivity contribution is 5.17. The minimum absolute atomic E-state index is 0.294. The Labute approximate surface area is 105 Å². The van der Waals surface area contributed by atoms with Gasteiger partial charge in [0.2, 0.25) is 0 Å². The van der Waals surface area contributed by atoms with Crippen molar-refractivity contribution in [3.05, 3.63) is 0 Å². The molecule has 3 atom stereocenters. The fourth-order valence-electron chi connectivity index (χ4n) is 4.61. The van der Waals surface area contributed by atoms with Gasteiger partial charge < -0.3 is 9.47 Å². The highest BCUT2D eigenvalue weighted by Gasteiger charge is 2.70. The van der Waals surface area contributed by atoms with Crippen LogP contribution in [0.3, 0.4) is 0 Å². The molecule has 1 aliphatic heterocycles. The van der Waals surface area contributed by atoms with Gasteiger partial charge in [0.05, 0.1) is 13.2 Å². The monoisotopic (exact) mass is 238 g/mol. The summed E-state index contributed by atoms with van der Waals surface area (Å²) in [5.74, 6) is 2.08. The van der Waals surface area contributed by atoms with Gasteiger partial charge in [-0.15, -0.1) is 0 Å². The second-order valence-corrected chi connectivity index (χ2v) is 7.59. The van der Waals surface area contributed by atoms with Gasteiger partial charge in [0, 0.05) is 5.41 Å². The number of ether oxygens (including phenoxy) is 2. The lowest BCUT2D eigenvalue weighted by atomic mass is 9.66. The lowest BCUT2D eigenvalue weighted by Gasteiger charge is -2.49.